The van der Waals surface area contributed by atoms with Gasteiger partial charge in [-0.25, -0.2) is 0 Å². The van der Waals surface area contributed by atoms with Crippen LogP contribution in [0.25, 0.3) is 0 Å². The Balaban J connectivity index is 1.91. The van der Waals surface area contributed by atoms with Crippen LogP contribution in [0.3, 0.4) is 0 Å². The average Bonchev–Trinajstić information content (AvgIpc) is 2.55. The number of piperidine rings is 2. The number of carbonyl (C=O) groups excluding carboxylic acids is 2. The Morgan fingerprint density at radius 3 is 2.64 bits per heavy atom. The standard InChI is InChI=1S/C16H28N2O3S/c1-13(22-3)15(20)17-8-6-16(7-9-17)5-4-14(19)18(12-16)10-11-21-2/h13H,4-12H2,1-3H3. The molecule has 5 nitrogen and oxygen atoms in total. The summed E-state index contributed by atoms with van der Waals surface area (Å²) in [5.74, 6) is 0.502. The number of ether oxygens (including phenoxy) is 1. The molecule has 2 heterocycles. The number of hydrogen-bond acceptors (Lipinski definition) is 4. The Kier molecular flexibility index (Phi) is 6.15. The fourth-order valence-corrected chi connectivity index (χ4v) is 3.83. The van der Waals surface area contributed by atoms with Gasteiger partial charge in [-0.3, -0.25) is 9.59 Å². The van der Waals surface area contributed by atoms with E-state index < -0.39 is 0 Å². The fourth-order valence-electron chi connectivity index (χ4n) is 3.48. The highest BCUT2D eigenvalue weighted by atomic mass is 32.2. The van der Waals surface area contributed by atoms with Gasteiger partial charge in [0.05, 0.1) is 11.9 Å². The summed E-state index contributed by atoms with van der Waals surface area (Å²) in [4.78, 5) is 28.3. The van der Waals surface area contributed by atoms with Gasteiger partial charge in [-0.15, -0.1) is 0 Å². The lowest BCUT2D eigenvalue weighted by atomic mass is 9.72. The van der Waals surface area contributed by atoms with E-state index in [4.69, 9.17) is 4.74 Å². The number of amides is 2. The molecule has 6 heteroatoms. The van der Waals surface area contributed by atoms with Crippen LogP contribution in [0, 0.1) is 5.41 Å². The van der Waals surface area contributed by atoms with Gasteiger partial charge in [0.2, 0.25) is 11.8 Å². The van der Waals surface area contributed by atoms with Crippen molar-refractivity contribution in [3.63, 3.8) is 0 Å². The van der Waals surface area contributed by atoms with Gasteiger partial charge in [0, 0.05) is 39.7 Å². The third kappa shape index (κ3) is 3.96. The number of rotatable bonds is 5. The lowest BCUT2D eigenvalue weighted by molar-refractivity contribution is -0.142. The average molecular weight is 328 g/mol. The van der Waals surface area contributed by atoms with Crippen LogP contribution in [0.5, 0.6) is 0 Å². The zero-order valence-electron chi connectivity index (χ0n) is 14.0. The molecule has 1 unspecified atom stereocenters. The molecule has 2 fully saturated rings. The Bertz CT molecular complexity index is 408. The maximum atomic E-state index is 12.3. The molecular formula is C16H28N2O3S. The largest absolute Gasteiger partial charge is 0.383 e. The zero-order chi connectivity index (χ0) is 16.2. The molecule has 0 aliphatic carbocycles. The van der Waals surface area contributed by atoms with E-state index >= 15 is 0 Å². The second-order valence-electron chi connectivity index (χ2n) is 6.51. The first-order valence-corrected chi connectivity index (χ1v) is 9.38. The van der Waals surface area contributed by atoms with Crippen LogP contribution in [-0.4, -0.2) is 73.0 Å². The first-order chi connectivity index (χ1) is 10.5. The summed E-state index contributed by atoms with van der Waals surface area (Å²) < 4.78 is 5.11. The quantitative estimate of drug-likeness (QED) is 0.769. The predicted octanol–water partition coefficient (Wildman–Crippen LogP) is 1.62. The molecule has 2 saturated heterocycles. The Hall–Kier alpha value is -0.750. The molecule has 0 bridgehead atoms. The van der Waals surface area contributed by atoms with E-state index in [9.17, 15) is 9.59 Å². The molecule has 2 aliphatic rings. The van der Waals surface area contributed by atoms with Crippen LogP contribution < -0.4 is 0 Å². The summed E-state index contributed by atoms with van der Waals surface area (Å²) in [5, 5.41) is 0.0418. The molecule has 22 heavy (non-hydrogen) atoms. The minimum Gasteiger partial charge on any atom is -0.383 e. The van der Waals surface area contributed by atoms with Crippen LogP contribution >= 0.6 is 11.8 Å². The minimum absolute atomic E-state index is 0.0418. The minimum atomic E-state index is 0.0418. The molecule has 1 atom stereocenters. The normalized spacial score (nSPS) is 23.0. The van der Waals surface area contributed by atoms with Gasteiger partial charge in [-0.2, -0.15) is 11.8 Å². The molecule has 0 aromatic rings. The molecule has 2 amide bonds. The van der Waals surface area contributed by atoms with Gasteiger partial charge in [-0.1, -0.05) is 0 Å². The van der Waals surface area contributed by atoms with Crippen molar-refractivity contribution >= 4 is 23.6 Å². The number of nitrogens with zero attached hydrogens (tertiary/aromatic N) is 2. The molecule has 0 N–H and O–H groups in total. The maximum Gasteiger partial charge on any atom is 0.235 e. The molecule has 2 rings (SSSR count). The fraction of sp³-hybridized carbons (Fsp3) is 0.875. The smallest absolute Gasteiger partial charge is 0.235 e. The Morgan fingerprint density at radius 1 is 1.36 bits per heavy atom. The van der Waals surface area contributed by atoms with Crippen molar-refractivity contribution in [2.45, 2.75) is 37.9 Å². The highest BCUT2D eigenvalue weighted by Gasteiger charge is 2.41. The van der Waals surface area contributed by atoms with E-state index in [2.05, 4.69) is 0 Å². The number of thioether (sulfide) groups is 1. The van der Waals surface area contributed by atoms with E-state index in [1.54, 1.807) is 18.9 Å². The van der Waals surface area contributed by atoms with Crippen LogP contribution in [0.4, 0.5) is 0 Å². The third-order valence-electron chi connectivity index (χ3n) is 5.15. The SMILES string of the molecule is COCCN1CC2(CCC1=O)CCN(C(=O)C(C)SC)CC2. The lowest BCUT2D eigenvalue weighted by Gasteiger charge is -2.47. The van der Waals surface area contributed by atoms with Gasteiger partial charge in [-0.05, 0) is 37.9 Å². The molecule has 2 aliphatic heterocycles. The second-order valence-corrected chi connectivity index (χ2v) is 7.69. The van der Waals surface area contributed by atoms with Crippen molar-refractivity contribution in [3.05, 3.63) is 0 Å². The van der Waals surface area contributed by atoms with Gasteiger partial charge in [0.25, 0.3) is 0 Å². The summed E-state index contributed by atoms with van der Waals surface area (Å²) in [6.07, 6.45) is 5.61. The zero-order valence-corrected chi connectivity index (χ0v) is 14.8. The molecule has 0 aromatic heterocycles. The topological polar surface area (TPSA) is 49.9 Å². The molecule has 0 aromatic carbocycles. The molecular weight excluding hydrogens is 300 g/mol. The van der Waals surface area contributed by atoms with Crippen molar-refractivity contribution in [2.75, 3.05) is 46.2 Å². The molecule has 126 valence electrons. The van der Waals surface area contributed by atoms with E-state index in [-0.39, 0.29) is 22.5 Å². The monoisotopic (exact) mass is 328 g/mol. The summed E-state index contributed by atoms with van der Waals surface area (Å²) in [6, 6.07) is 0. The predicted molar refractivity (Wildman–Crippen MR) is 88.9 cm³/mol. The van der Waals surface area contributed by atoms with Crippen molar-refractivity contribution in [3.8, 4) is 0 Å². The van der Waals surface area contributed by atoms with Gasteiger partial charge in [0.15, 0.2) is 0 Å². The highest BCUT2D eigenvalue weighted by Crippen LogP contribution is 2.40. The van der Waals surface area contributed by atoms with Gasteiger partial charge in [0.1, 0.15) is 0 Å². The van der Waals surface area contributed by atoms with E-state index in [0.717, 1.165) is 38.9 Å². The highest BCUT2D eigenvalue weighted by molar-refractivity contribution is 7.99. The maximum absolute atomic E-state index is 12.3. The Labute approximate surface area is 137 Å². The first kappa shape index (κ1) is 17.6. The van der Waals surface area contributed by atoms with E-state index in [0.29, 0.717) is 19.6 Å². The summed E-state index contributed by atoms with van der Waals surface area (Å²) in [7, 11) is 1.67. The van der Waals surface area contributed by atoms with Crippen LogP contribution in [0.1, 0.15) is 32.6 Å². The third-order valence-corrected chi connectivity index (χ3v) is 6.06. The molecule has 1 spiro atoms. The number of hydrogen-bond donors (Lipinski definition) is 0. The van der Waals surface area contributed by atoms with Crippen LogP contribution in [0.15, 0.2) is 0 Å². The van der Waals surface area contributed by atoms with Crippen molar-refractivity contribution in [1.82, 2.24) is 9.80 Å². The van der Waals surface area contributed by atoms with Crippen molar-refractivity contribution < 1.29 is 14.3 Å². The second kappa shape index (κ2) is 7.68. The number of likely N-dealkylation sites (tertiary alicyclic amines) is 2. The number of methoxy groups -OCH3 is 1. The summed E-state index contributed by atoms with van der Waals surface area (Å²) in [5.41, 5.74) is 0.209. The van der Waals surface area contributed by atoms with Gasteiger partial charge >= 0.3 is 0 Å². The van der Waals surface area contributed by atoms with Crippen molar-refractivity contribution in [1.29, 1.82) is 0 Å². The molecule has 0 radical (unpaired) electrons. The van der Waals surface area contributed by atoms with E-state index in [1.165, 1.54) is 0 Å². The Morgan fingerprint density at radius 2 is 2.05 bits per heavy atom. The lowest BCUT2D eigenvalue weighted by Crippen LogP contribution is -2.53. The van der Waals surface area contributed by atoms with Crippen LogP contribution in [0.2, 0.25) is 0 Å². The number of carbonyl (C=O) groups is 2. The van der Waals surface area contributed by atoms with Gasteiger partial charge < -0.3 is 14.5 Å². The van der Waals surface area contributed by atoms with Crippen LogP contribution in [-0.2, 0) is 14.3 Å². The first-order valence-electron chi connectivity index (χ1n) is 8.10. The van der Waals surface area contributed by atoms with Crippen molar-refractivity contribution in [2.24, 2.45) is 5.41 Å². The summed E-state index contributed by atoms with van der Waals surface area (Å²) >= 11 is 1.61. The van der Waals surface area contributed by atoms with E-state index in [1.807, 2.05) is 23.0 Å². The molecule has 0 saturated carbocycles. The summed E-state index contributed by atoms with van der Waals surface area (Å²) in [6.45, 7) is 5.74.